The summed E-state index contributed by atoms with van der Waals surface area (Å²) in [4.78, 5) is 24.3. The minimum atomic E-state index is -0.343. The van der Waals surface area contributed by atoms with Gasteiger partial charge in [0, 0.05) is 5.69 Å². The summed E-state index contributed by atoms with van der Waals surface area (Å²) in [5.41, 5.74) is 0.555. The number of carbonyl (C=O) groups excluding carboxylic acids is 2. The number of quaternary nitrogens is 1. The molecule has 3 N–H and O–H groups in total. The minimum absolute atomic E-state index is 0.0392. The van der Waals surface area contributed by atoms with Gasteiger partial charge in [0.15, 0.2) is 12.6 Å². The maximum absolute atomic E-state index is 12.8. The van der Waals surface area contributed by atoms with E-state index in [9.17, 15) is 14.0 Å². The summed E-state index contributed by atoms with van der Waals surface area (Å²) in [5.74, 6) is -0.552. The van der Waals surface area contributed by atoms with Crippen molar-refractivity contribution in [3.8, 4) is 0 Å². The number of halogens is 1. The van der Waals surface area contributed by atoms with Gasteiger partial charge in [-0.1, -0.05) is 0 Å². The van der Waals surface area contributed by atoms with Crippen LogP contribution in [0.2, 0.25) is 0 Å². The first-order valence-corrected chi connectivity index (χ1v) is 6.24. The van der Waals surface area contributed by atoms with E-state index in [1.165, 1.54) is 24.3 Å². The zero-order valence-corrected chi connectivity index (χ0v) is 10.7. The van der Waals surface area contributed by atoms with Gasteiger partial charge < -0.3 is 15.5 Å². The van der Waals surface area contributed by atoms with Crippen molar-refractivity contribution < 1.29 is 18.9 Å². The summed E-state index contributed by atoms with van der Waals surface area (Å²) in [6.45, 7) is 3.40. The Labute approximate surface area is 110 Å². The van der Waals surface area contributed by atoms with Crippen molar-refractivity contribution in [3.05, 3.63) is 30.1 Å². The van der Waals surface area contributed by atoms with E-state index in [2.05, 4.69) is 10.6 Å². The van der Waals surface area contributed by atoms with Crippen LogP contribution >= 0.6 is 0 Å². The van der Waals surface area contributed by atoms with Crippen LogP contribution in [0.25, 0.3) is 0 Å². The van der Waals surface area contributed by atoms with E-state index in [0.29, 0.717) is 18.8 Å². The number of hydrogen-bond donors (Lipinski definition) is 3. The van der Waals surface area contributed by atoms with Gasteiger partial charge >= 0.3 is 0 Å². The molecule has 0 radical (unpaired) electrons. The molecule has 0 aromatic heterocycles. The Hall–Kier alpha value is -1.95. The number of nitrogens with one attached hydrogen (secondary N) is 3. The fourth-order valence-corrected chi connectivity index (χ4v) is 2.06. The standard InChI is InChI=1S/C13H16FN3O2/c1-9(17-7-6-15-12(18)8-17)13(19)16-11-4-2-10(14)3-5-11/h2-5,9H,6-8H2,1H3,(H,15,18)(H,16,19)/p+1/t9-/m1/s1. The third-order valence-corrected chi connectivity index (χ3v) is 3.27. The number of benzene rings is 1. The van der Waals surface area contributed by atoms with Crippen molar-refractivity contribution in [2.45, 2.75) is 13.0 Å². The van der Waals surface area contributed by atoms with E-state index in [0.717, 1.165) is 11.4 Å². The van der Waals surface area contributed by atoms with Gasteiger partial charge in [-0.3, -0.25) is 9.59 Å². The second kappa shape index (κ2) is 5.79. The van der Waals surface area contributed by atoms with E-state index in [1.54, 1.807) is 6.92 Å². The van der Waals surface area contributed by atoms with Gasteiger partial charge in [-0.2, -0.15) is 0 Å². The SMILES string of the molecule is C[C@H](C(=O)Nc1ccc(F)cc1)[NH+]1CCNC(=O)C1. The molecular formula is C13H17FN3O2+. The molecule has 2 atom stereocenters. The monoisotopic (exact) mass is 266 g/mol. The lowest BCUT2D eigenvalue weighted by Crippen LogP contribution is -3.19. The molecular weight excluding hydrogens is 249 g/mol. The second-order valence-electron chi connectivity index (χ2n) is 4.65. The number of piperazine rings is 1. The molecule has 5 nitrogen and oxygen atoms in total. The highest BCUT2D eigenvalue weighted by Crippen LogP contribution is 2.08. The lowest BCUT2D eigenvalue weighted by atomic mass is 10.2. The fraction of sp³-hybridized carbons (Fsp3) is 0.385. The molecule has 0 spiro atoms. The number of hydrogen-bond acceptors (Lipinski definition) is 2. The van der Waals surface area contributed by atoms with E-state index < -0.39 is 0 Å². The van der Waals surface area contributed by atoms with Crippen molar-refractivity contribution >= 4 is 17.5 Å². The summed E-state index contributed by atoms with van der Waals surface area (Å²) in [6.07, 6.45) is 0. The summed E-state index contributed by atoms with van der Waals surface area (Å²) in [7, 11) is 0. The highest BCUT2D eigenvalue weighted by Gasteiger charge is 2.29. The van der Waals surface area contributed by atoms with Crippen LogP contribution in [-0.4, -0.2) is 37.5 Å². The highest BCUT2D eigenvalue weighted by atomic mass is 19.1. The Bertz CT molecular complexity index is 475. The highest BCUT2D eigenvalue weighted by molar-refractivity contribution is 5.93. The molecule has 1 saturated heterocycles. The normalized spacial score (nSPS) is 20.5. The molecule has 0 bridgehead atoms. The van der Waals surface area contributed by atoms with Gasteiger partial charge in [-0.05, 0) is 31.2 Å². The van der Waals surface area contributed by atoms with E-state index in [-0.39, 0.29) is 23.7 Å². The quantitative estimate of drug-likeness (QED) is 0.668. The zero-order chi connectivity index (χ0) is 13.8. The van der Waals surface area contributed by atoms with Crippen LogP contribution in [0.3, 0.4) is 0 Å². The summed E-state index contributed by atoms with van der Waals surface area (Å²) in [5, 5.41) is 5.45. The molecule has 1 fully saturated rings. The van der Waals surface area contributed by atoms with Crippen molar-refractivity contribution in [1.82, 2.24) is 5.32 Å². The van der Waals surface area contributed by atoms with E-state index in [4.69, 9.17) is 0 Å². The average Bonchev–Trinajstić information content (AvgIpc) is 2.40. The largest absolute Gasteiger partial charge is 0.346 e. The topological polar surface area (TPSA) is 62.6 Å². The summed E-state index contributed by atoms with van der Waals surface area (Å²) < 4.78 is 12.8. The third kappa shape index (κ3) is 3.51. The zero-order valence-electron chi connectivity index (χ0n) is 10.7. The minimum Gasteiger partial charge on any atom is -0.346 e. The van der Waals surface area contributed by atoms with Crippen LogP contribution in [0.15, 0.2) is 24.3 Å². The van der Waals surface area contributed by atoms with Crippen LogP contribution in [0, 0.1) is 5.82 Å². The Balaban J connectivity index is 1.95. The Morgan fingerprint density at radius 3 is 2.74 bits per heavy atom. The number of amides is 2. The van der Waals surface area contributed by atoms with Crippen molar-refractivity contribution in [2.75, 3.05) is 25.0 Å². The summed E-state index contributed by atoms with van der Waals surface area (Å²) in [6, 6.07) is 5.29. The van der Waals surface area contributed by atoms with Crippen LogP contribution < -0.4 is 15.5 Å². The van der Waals surface area contributed by atoms with Crippen LogP contribution in [0.4, 0.5) is 10.1 Å². The molecule has 1 unspecified atom stereocenters. The molecule has 1 aliphatic heterocycles. The molecule has 2 amide bonds. The first kappa shape index (κ1) is 13.5. The van der Waals surface area contributed by atoms with E-state index >= 15 is 0 Å². The van der Waals surface area contributed by atoms with Gasteiger partial charge in [0.1, 0.15) is 5.82 Å². The van der Waals surface area contributed by atoms with Gasteiger partial charge in [0.2, 0.25) is 0 Å². The van der Waals surface area contributed by atoms with Crippen LogP contribution in [0.1, 0.15) is 6.92 Å². The molecule has 1 heterocycles. The lowest BCUT2D eigenvalue weighted by molar-refractivity contribution is -0.907. The number of anilines is 1. The number of rotatable bonds is 3. The molecule has 1 aromatic carbocycles. The summed E-state index contributed by atoms with van der Waals surface area (Å²) >= 11 is 0. The molecule has 0 aliphatic carbocycles. The van der Waals surface area contributed by atoms with Crippen molar-refractivity contribution in [2.24, 2.45) is 0 Å². The molecule has 0 saturated carbocycles. The maximum Gasteiger partial charge on any atom is 0.282 e. The number of carbonyl (C=O) groups is 2. The molecule has 1 aliphatic rings. The smallest absolute Gasteiger partial charge is 0.282 e. The molecule has 102 valence electrons. The predicted octanol–water partition coefficient (Wildman–Crippen LogP) is -0.833. The van der Waals surface area contributed by atoms with Gasteiger partial charge in [0.05, 0.1) is 13.1 Å². The van der Waals surface area contributed by atoms with Gasteiger partial charge in [-0.15, -0.1) is 0 Å². The third-order valence-electron chi connectivity index (χ3n) is 3.27. The first-order chi connectivity index (χ1) is 9.06. The van der Waals surface area contributed by atoms with E-state index in [1.807, 2.05) is 0 Å². The Kier molecular flexibility index (Phi) is 4.11. The molecule has 6 heteroatoms. The molecule has 1 aromatic rings. The maximum atomic E-state index is 12.8. The Morgan fingerprint density at radius 1 is 1.42 bits per heavy atom. The predicted molar refractivity (Wildman–Crippen MR) is 68.2 cm³/mol. The Morgan fingerprint density at radius 2 is 2.11 bits per heavy atom. The molecule has 2 rings (SSSR count). The van der Waals surface area contributed by atoms with Gasteiger partial charge in [-0.25, -0.2) is 4.39 Å². The van der Waals surface area contributed by atoms with Crippen LogP contribution in [-0.2, 0) is 9.59 Å². The van der Waals surface area contributed by atoms with Crippen LogP contribution in [0.5, 0.6) is 0 Å². The average molecular weight is 266 g/mol. The van der Waals surface area contributed by atoms with Gasteiger partial charge in [0.25, 0.3) is 11.8 Å². The second-order valence-corrected chi connectivity index (χ2v) is 4.65. The lowest BCUT2D eigenvalue weighted by Gasteiger charge is -2.28. The van der Waals surface area contributed by atoms with Crippen molar-refractivity contribution in [3.63, 3.8) is 0 Å². The molecule has 19 heavy (non-hydrogen) atoms. The fourth-order valence-electron chi connectivity index (χ4n) is 2.06. The first-order valence-electron chi connectivity index (χ1n) is 6.24. The van der Waals surface area contributed by atoms with Crippen molar-refractivity contribution in [1.29, 1.82) is 0 Å².